The van der Waals surface area contributed by atoms with Gasteiger partial charge in [0.1, 0.15) is 0 Å². The summed E-state index contributed by atoms with van der Waals surface area (Å²) in [4.78, 5) is 14.4. The molecule has 0 radical (unpaired) electrons. The molecule has 0 saturated carbocycles. The van der Waals surface area contributed by atoms with Gasteiger partial charge in [0.05, 0.1) is 11.7 Å². The van der Waals surface area contributed by atoms with E-state index >= 15 is 0 Å². The fraction of sp³-hybridized carbons (Fsp3) is 0.533. The first-order chi connectivity index (χ1) is 10.1. The minimum atomic E-state index is 0. The van der Waals surface area contributed by atoms with Crippen LogP contribution in [-0.2, 0) is 4.74 Å². The average molecular weight is 412 g/mol. The number of hydrogen-bond acceptors (Lipinski definition) is 3. The lowest BCUT2D eigenvalue weighted by molar-refractivity contribution is 0.00842. The summed E-state index contributed by atoms with van der Waals surface area (Å²) in [6.45, 7) is 2.78. The molecule has 0 unspecified atom stereocenters. The quantitative estimate of drug-likeness (QED) is 0.754. The van der Waals surface area contributed by atoms with E-state index in [1.54, 1.807) is 18.2 Å². The third kappa shape index (κ3) is 5.39. The van der Waals surface area contributed by atoms with Gasteiger partial charge in [0.15, 0.2) is 0 Å². The lowest BCUT2D eigenvalue weighted by Crippen LogP contribution is -2.41. The third-order valence-electron chi connectivity index (χ3n) is 3.59. The van der Waals surface area contributed by atoms with E-state index in [-0.39, 0.29) is 24.4 Å². The first kappa shape index (κ1) is 19.7. The number of likely N-dealkylation sites (tertiary alicyclic amines) is 1. The number of rotatable bonds is 5. The zero-order valence-corrected chi connectivity index (χ0v) is 15.4. The number of carbonyl (C=O) groups excluding carboxylic acids is 1. The number of nitrogens with two attached hydrogens (primary N) is 1. The number of halogens is 3. The van der Waals surface area contributed by atoms with Crippen molar-refractivity contribution < 1.29 is 9.53 Å². The Balaban J connectivity index is 0.00000242. The summed E-state index contributed by atoms with van der Waals surface area (Å²) in [5, 5.41) is 0.571. The maximum atomic E-state index is 12.5. The first-order valence-electron chi connectivity index (χ1n) is 7.18. The molecule has 124 valence electrons. The topological polar surface area (TPSA) is 55.6 Å². The van der Waals surface area contributed by atoms with Crippen LogP contribution in [0.25, 0.3) is 0 Å². The molecule has 0 aliphatic carbocycles. The predicted molar refractivity (Wildman–Crippen MR) is 94.9 cm³/mol. The molecule has 1 aliphatic rings. The highest BCUT2D eigenvalue weighted by Crippen LogP contribution is 2.24. The highest BCUT2D eigenvalue weighted by atomic mass is 79.9. The maximum Gasteiger partial charge on any atom is 0.255 e. The van der Waals surface area contributed by atoms with Crippen molar-refractivity contribution in [3.05, 3.63) is 33.3 Å². The summed E-state index contributed by atoms with van der Waals surface area (Å²) in [5.74, 6) is 0.0183. The van der Waals surface area contributed by atoms with Crippen LogP contribution in [0.3, 0.4) is 0 Å². The Kier molecular flexibility index (Phi) is 8.72. The number of benzene rings is 1. The molecule has 0 atom stereocenters. The molecule has 1 aromatic rings. The van der Waals surface area contributed by atoms with Gasteiger partial charge in [-0.2, -0.15) is 0 Å². The molecule has 2 N–H and O–H groups in total. The molecule has 1 fully saturated rings. The molecule has 1 heterocycles. The summed E-state index contributed by atoms with van der Waals surface area (Å²) < 4.78 is 6.53. The monoisotopic (exact) mass is 410 g/mol. The molecule has 0 bridgehead atoms. The molecular weight excluding hydrogens is 391 g/mol. The second-order valence-corrected chi connectivity index (χ2v) is 6.42. The van der Waals surface area contributed by atoms with Crippen molar-refractivity contribution in [1.29, 1.82) is 0 Å². The van der Waals surface area contributed by atoms with Crippen LogP contribution in [0.15, 0.2) is 22.7 Å². The highest BCUT2D eigenvalue weighted by Gasteiger charge is 2.25. The van der Waals surface area contributed by atoms with Gasteiger partial charge in [0.2, 0.25) is 0 Å². The molecule has 1 aliphatic heterocycles. The Morgan fingerprint density at radius 2 is 2.09 bits per heavy atom. The zero-order valence-electron chi connectivity index (χ0n) is 12.3. The number of nitrogens with zero attached hydrogens (tertiary/aromatic N) is 1. The van der Waals surface area contributed by atoms with E-state index in [1.807, 2.05) is 4.90 Å². The fourth-order valence-electron chi connectivity index (χ4n) is 2.39. The molecule has 4 nitrogen and oxygen atoms in total. The molecule has 7 heteroatoms. The predicted octanol–water partition coefficient (Wildman–Crippen LogP) is 3.49. The number of carbonyl (C=O) groups is 1. The normalized spacial score (nSPS) is 15.5. The van der Waals surface area contributed by atoms with E-state index in [0.717, 1.165) is 23.7 Å². The highest BCUT2D eigenvalue weighted by molar-refractivity contribution is 9.10. The van der Waals surface area contributed by atoms with Crippen molar-refractivity contribution >= 4 is 45.8 Å². The van der Waals surface area contributed by atoms with Gasteiger partial charge >= 0.3 is 0 Å². The minimum Gasteiger partial charge on any atom is -0.378 e. The van der Waals surface area contributed by atoms with Gasteiger partial charge in [0.25, 0.3) is 5.91 Å². The second kappa shape index (κ2) is 9.73. The van der Waals surface area contributed by atoms with Crippen LogP contribution >= 0.6 is 39.9 Å². The number of amides is 1. The molecule has 1 amide bonds. The van der Waals surface area contributed by atoms with Crippen LogP contribution in [-0.4, -0.2) is 43.2 Å². The average Bonchev–Trinajstić information content (AvgIpc) is 2.50. The maximum absolute atomic E-state index is 12.5. The Labute approximate surface area is 150 Å². The van der Waals surface area contributed by atoms with Crippen molar-refractivity contribution in [3.63, 3.8) is 0 Å². The van der Waals surface area contributed by atoms with Crippen molar-refractivity contribution in [2.24, 2.45) is 5.73 Å². The molecule has 22 heavy (non-hydrogen) atoms. The van der Waals surface area contributed by atoms with Gasteiger partial charge in [-0.1, -0.05) is 11.6 Å². The SMILES string of the molecule is Cl.NCCCOC1CCN(C(=O)c2cc(Cl)ccc2Br)CC1. The molecular formula is C15H21BrCl2N2O2. The number of piperidine rings is 1. The van der Waals surface area contributed by atoms with E-state index in [1.165, 1.54) is 0 Å². The summed E-state index contributed by atoms with van der Waals surface area (Å²) in [6.07, 6.45) is 2.86. The molecule has 1 saturated heterocycles. The van der Waals surface area contributed by atoms with Crippen LogP contribution in [0.1, 0.15) is 29.6 Å². The molecule has 0 aromatic heterocycles. The van der Waals surface area contributed by atoms with Gasteiger partial charge < -0.3 is 15.4 Å². The van der Waals surface area contributed by atoms with Gasteiger partial charge in [-0.05, 0) is 59.9 Å². The van der Waals surface area contributed by atoms with Crippen LogP contribution in [0.2, 0.25) is 5.02 Å². The standard InChI is InChI=1S/C15H20BrClN2O2.ClH/c16-14-3-2-11(17)10-13(14)15(20)19-7-4-12(5-8-19)21-9-1-6-18;/h2-3,10,12H,1,4-9,18H2;1H. The fourth-order valence-corrected chi connectivity index (χ4v) is 2.98. The Bertz CT molecular complexity index is 494. The second-order valence-electron chi connectivity index (χ2n) is 5.13. The van der Waals surface area contributed by atoms with Gasteiger partial charge in [-0.25, -0.2) is 0 Å². The Morgan fingerprint density at radius 1 is 1.41 bits per heavy atom. The van der Waals surface area contributed by atoms with Gasteiger partial charge in [-0.3, -0.25) is 4.79 Å². The van der Waals surface area contributed by atoms with E-state index < -0.39 is 0 Å². The van der Waals surface area contributed by atoms with Gasteiger partial charge in [0, 0.05) is 29.2 Å². The van der Waals surface area contributed by atoms with E-state index in [9.17, 15) is 4.79 Å². The van der Waals surface area contributed by atoms with Crippen molar-refractivity contribution in [2.45, 2.75) is 25.4 Å². The minimum absolute atomic E-state index is 0. The van der Waals surface area contributed by atoms with Crippen molar-refractivity contribution in [2.75, 3.05) is 26.2 Å². The zero-order chi connectivity index (χ0) is 15.2. The van der Waals surface area contributed by atoms with Crippen LogP contribution in [0, 0.1) is 0 Å². The summed E-state index contributed by atoms with van der Waals surface area (Å²) in [7, 11) is 0. The van der Waals surface area contributed by atoms with E-state index in [4.69, 9.17) is 22.1 Å². The summed E-state index contributed by atoms with van der Waals surface area (Å²) in [5.41, 5.74) is 6.06. The Hall–Kier alpha value is -0.330. The van der Waals surface area contributed by atoms with Crippen LogP contribution < -0.4 is 5.73 Å². The van der Waals surface area contributed by atoms with Gasteiger partial charge in [-0.15, -0.1) is 12.4 Å². The number of ether oxygens (including phenoxy) is 1. The molecule has 1 aromatic carbocycles. The largest absolute Gasteiger partial charge is 0.378 e. The Morgan fingerprint density at radius 3 is 2.73 bits per heavy atom. The van der Waals surface area contributed by atoms with Crippen LogP contribution in [0.5, 0.6) is 0 Å². The van der Waals surface area contributed by atoms with Crippen molar-refractivity contribution in [1.82, 2.24) is 4.90 Å². The smallest absolute Gasteiger partial charge is 0.255 e. The lowest BCUT2D eigenvalue weighted by atomic mass is 10.1. The van der Waals surface area contributed by atoms with Crippen molar-refractivity contribution in [3.8, 4) is 0 Å². The molecule has 0 spiro atoms. The van der Waals surface area contributed by atoms with E-state index in [2.05, 4.69) is 15.9 Å². The first-order valence-corrected chi connectivity index (χ1v) is 8.35. The molecule has 2 rings (SSSR count). The summed E-state index contributed by atoms with van der Waals surface area (Å²) in [6, 6.07) is 5.27. The van der Waals surface area contributed by atoms with Crippen LogP contribution in [0.4, 0.5) is 0 Å². The lowest BCUT2D eigenvalue weighted by Gasteiger charge is -2.32. The van der Waals surface area contributed by atoms with E-state index in [0.29, 0.717) is 36.8 Å². The third-order valence-corrected chi connectivity index (χ3v) is 4.52. The number of hydrogen-bond donors (Lipinski definition) is 1. The summed E-state index contributed by atoms with van der Waals surface area (Å²) >= 11 is 9.38.